The molecule has 2 N–H and O–H groups in total. The lowest BCUT2D eigenvalue weighted by Crippen LogP contribution is -2.62. The molecule has 0 saturated carbocycles. The number of nitrogens with one attached hydrogen (secondary N) is 2. The second-order valence-corrected chi connectivity index (χ2v) is 11.2. The molecule has 0 aromatic carbocycles. The molecule has 92 valence electrons. The van der Waals surface area contributed by atoms with Crippen LogP contribution >= 0.6 is 0 Å². The van der Waals surface area contributed by atoms with Gasteiger partial charge in [0.15, 0.2) is 0 Å². The highest BCUT2D eigenvalue weighted by Crippen LogP contribution is 2.16. The van der Waals surface area contributed by atoms with Gasteiger partial charge in [0.05, 0.1) is 0 Å². The van der Waals surface area contributed by atoms with E-state index in [9.17, 15) is 0 Å². The van der Waals surface area contributed by atoms with Crippen LogP contribution in [0.15, 0.2) is 0 Å². The van der Waals surface area contributed by atoms with Crippen molar-refractivity contribution in [2.45, 2.75) is 52.8 Å². The molecule has 5 heteroatoms. The third-order valence-electron chi connectivity index (χ3n) is 3.19. The highest BCUT2D eigenvalue weighted by Gasteiger charge is 2.30. The molecule has 0 rings (SSSR count). The normalized spacial score (nSPS) is 14.2. The first-order valence-corrected chi connectivity index (χ1v) is 10.5. The van der Waals surface area contributed by atoms with Crippen molar-refractivity contribution < 1.29 is 4.43 Å². The van der Waals surface area contributed by atoms with Crippen molar-refractivity contribution in [1.29, 1.82) is 0 Å². The zero-order valence-corrected chi connectivity index (χ0v) is 13.2. The minimum atomic E-state index is -1.35. The highest BCUT2D eigenvalue weighted by atomic mass is 28.4. The van der Waals surface area contributed by atoms with Crippen molar-refractivity contribution in [3.63, 3.8) is 0 Å². The van der Waals surface area contributed by atoms with Gasteiger partial charge in [-0.3, -0.25) is 0 Å². The summed E-state index contributed by atoms with van der Waals surface area (Å²) in [5, 5.41) is 0. The molecule has 0 aliphatic carbocycles. The average molecular weight is 249 g/mol. The van der Waals surface area contributed by atoms with Crippen molar-refractivity contribution in [2.24, 2.45) is 0 Å². The topological polar surface area (TPSA) is 33.3 Å². The van der Waals surface area contributed by atoms with Gasteiger partial charge in [0, 0.05) is 6.61 Å². The van der Waals surface area contributed by atoms with E-state index in [-0.39, 0.29) is 0 Å². The van der Waals surface area contributed by atoms with Gasteiger partial charge in [0.25, 0.3) is 0 Å². The van der Waals surface area contributed by atoms with Crippen LogP contribution in [0.25, 0.3) is 0 Å². The fourth-order valence-electron chi connectivity index (χ4n) is 1.84. The Balaban J connectivity index is 4.30. The Morgan fingerprint density at radius 3 is 1.87 bits per heavy atom. The minimum absolute atomic E-state index is 0.818. The maximum atomic E-state index is 5.79. The number of rotatable bonds is 9. The Bertz CT molecular complexity index is 140. The molecule has 0 fully saturated rings. The molecule has 0 aromatic rings. The first kappa shape index (κ1) is 15.3. The van der Waals surface area contributed by atoms with Gasteiger partial charge in [-0.05, 0) is 31.6 Å². The van der Waals surface area contributed by atoms with Gasteiger partial charge in [-0.15, -0.1) is 0 Å². The van der Waals surface area contributed by atoms with Gasteiger partial charge < -0.3 is 14.1 Å². The smallest absolute Gasteiger partial charge is 0.328 e. The molecular weight excluding hydrogens is 220 g/mol. The third kappa shape index (κ3) is 5.26. The lowest BCUT2D eigenvalue weighted by Gasteiger charge is -2.33. The first-order valence-electron chi connectivity index (χ1n) is 6.30. The van der Waals surface area contributed by atoms with Crippen LogP contribution in [0.4, 0.5) is 0 Å². The summed E-state index contributed by atoms with van der Waals surface area (Å²) in [6, 6.07) is 3.92. The largest absolute Gasteiger partial charge is 0.395 e. The number of hydrogen-bond acceptors (Lipinski definition) is 3. The Labute approximate surface area is 98.0 Å². The zero-order chi connectivity index (χ0) is 11.7. The monoisotopic (exact) mass is 248 g/mol. The molecule has 15 heavy (non-hydrogen) atoms. The van der Waals surface area contributed by atoms with Gasteiger partial charge in [-0.1, -0.05) is 27.7 Å². The minimum Gasteiger partial charge on any atom is -0.395 e. The van der Waals surface area contributed by atoms with Gasteiger partial charge in [-0.2, -0.15) is 0 Å². The van der Waals surface area contributed by atoms with Gasteiger partial charge in [-0.25, -0.2) is 0 Å². The molecule has 0 radical (unpaired) electrons. The summed E-state index contributed by atoms with van der Waals surface area (Å²) < 4.78 is 9.66. The molecule has 0 spiro atoms. The zero-order valence-electron chi connectivity index (χ0n) is 11.0. The Hall–Kier alpha value is 0.314. The van der Waals surface area contributed by atoms with E-state index in [0.29, 0.717) is 0 Å². The van der Waals surface area contributed by atoms with E-state index in [1.807, 2.05) is 0 Å². The SMILES string of the molecule is CCN[SiH](N[Si](CC)(CC)CC)OCC. The van der Waals surface area contributed by atoms with Crippen LogP contribution in [0.2, 0.25) is 18.1 Å². The number of hydrogen-bond donors (Lipinski definition) is 2. The molecule has 1 atom stereocenters. The van der Waals surface area contributed by atoms with Crippen molar-refractivity contribution in [1.82, 2.24) is 9.63 Å². The molecule has 0 aliphatic heterocycles. The van der Waals surface area contributed by atoms with Crippen LogP contribution in [0.5, 0.6) is 0 Å². The lowest BCUT2D eigenvalue weighted by atomic mass is 10.8. The molecule has 0 heterocycles. The van der Waals surface area contributed by atoms with Crippen molar-refractivity contribution in [3.8, 4) is 0 Å². The van der Waals surface area contributed by atoms with Crippen LogP contribution in [0.1, 0.15) is 34.6 Å². The average Bonchev–Trinajstić information content (AvgIpc) is 2.27. The van der Waals surface area contributed by atoms with Crippen LogP contribution in [-0.2, 0) is 4.43 Å². The molecule has 0 saturated heterocycles. The summed E-state index contributed by atoms with van der Waals surface area (Å²) in [4.78, 5) is 3.48. The standard InChI is InChI=1S/C10H28N2OSi2/c1-6-11-14(13-7-2)12-15(8-3,9-4)10-5/h11-12,14H,6-10H2,1-5H3. The second-order valence-electron chi connectivity index (χ2n) is 3.88. The lowest BCUT2D eigenvalue weighted by molar-refractivity contribution is 0.329. The van der Waals surface area contributed by atoms with Gasteiger partial charge in [0.1, 0.15) is 8.24 Å². The molecule has 0 aromatic heterocycles. The molecule has 0 aliphatic rings. The maximum absolute atomic E-state index is 5.79. The molecule has 0 bridgehead atoms. The quantitative estimate of drug-likeness (QED) is 0.612. The molecular formula is C10H28N2OSi2. The van der Waals surface area contributed by atoms with E-state index in [2.05, 4.69) is 44.2 Å². The predicted octanol–water partition coefficient (Wildman–Crippen LogP) is 1.94. The van der Waals surface area contributed by atoms with E-state index in [4.69, 9.17) is 4.43 Å². The van der Waals surface area contributed by atoms with Crippen LogP contribution in [0.3, 0.4) is 0 Å². The summed E-state index contributed by atoms with van der Waals surface area (Å²) in [5.41, 5.74) is 0. The Kier molecular flexibility index (Phi) is 8.64. The van der Waals surface area contributed by atoms with Crippen LogP contribution in [0, 0.1) is 0 Å². The fraction of sp³-hybridized carbons (Fsp3) is 1.00. The van der Waals surface area contributed by atoms with E-state index >= 15 is 0 Å². The first-order chi connectivity index (χ1) is 7.17. The maximum Gasteiger partial charge on any atom is 0.328 e. The third-order valence-corrected chi connectivity index (χ3v) is 12.2. The van der Waals surface area contributed by atoms with Crippen LogP contribution < -0.4 is 9.63 Å². The van der Waals surface area contributed by atoms with Crippen molar-refractivity contribution >= 4 is 17.6 Å². The summed E-state index contributed by atoms with van der Waals surface area (Å²) >= 11 is 0. The van der Waals surface area contributed by atoms with Crippen molar-refractivity contribution in [3.05, 3.63) is 0 Å². The fourth-order valence-corrected chi connectivity index (χ4v) is 9.58. The summed E-state index contributed by atoms with van der Waals surface area (Å²) in [5.74, 6) is 0. The van der Waals surface area contributed by atoms with E-state index in [1.165, 1.54) is 18.1 Å². The molecule has 0 amide bonds. The van der Waals surface area contributed by atoms with Gasteiger partial charge in [0.2, 0.25) is 0 Å². The summed E-state index contributed by atoms with van der Waals surface area (Å²) in [6.07, 6.45) is 0. The Morgan fingerprint density at radius 2 is 1.53 bits per heavy atom. The van der Waals surface area contributed by atoms with E-state index in [1.54, 1.807) is 0 Å². The van der Waals surface area contributed by atoms with E-state index in [0.717, 1.165) is 13.2 Å². The van der Waals surface area contributed by atoms with Crippen LogP contribution in [-0.4, -0.2) is 30.8 Å². The second kappa shape index (κ2) is 8.46. The Morgan fingerprint density at radius 1 is 1.00 bits per heavy atom. The van der Waals surface area contributed by atoms with E-state index < -0.39 is 17.6 Å². The summed E-state index contributed by atoms with van der Waals surface area (Å²) in [7, 11) is -2.58. The molecule has 3 nitrogen and oxygen atoms in total. The highest BCUT2D eigenvalue weighted by molar-refractivity contribution is 6.84. The van der Waals surface area contributed by atoms with Crippen molar-refractivity contribution in [2.75, 3.05) is 13.2 Å². The summed E-state index contributed by atoms with van der Waals surface area (Å²) in [6.45, 7) is 13.0. The molecule has 1 unspecified atom stereocenters. The predicted molar refractivity (Wildman–Crippen MR) is 72.8 cm³/mol. The van der Waals surface area contributed by atoms with Gasteiger partial charge >= 0.3 is 9.36 Å².